The Labute approximate surface area is 147 Å². The lowest BCUT2D eigenvalue weighted by atomic mass is 10.2. The molecular formula is C15H15ClN4O3S. The third-order valence-corrected chi connectivity index (χ3v) is 4.60. The Kier molecular flexibility index (Phi) is 5.37. The van der Waals surface area contributed by atoms with E-state index in [1.54, 1.807) is 4.90 Å². The number of imide groups is 1. The molecule has 1 aliphatic rings. The van der Waals surface area contributed by atoms with E-state index >= 15 is 0 Å². The maximum Gasteiger partial charge on any atom is 0.324 e. The number of thioether (sulfide) groups is 1. The van der Waals surface area contributed by atoms with Gasteiger partial charge in [0.2, 0.25) is 11.8 Å². The number of carbonyl (C=O) groups excluding carboxylic acids is 2. The second-order valence-corrected chi connectivity index (χ2v) is 6.58. The predicted molar refractivity (Wildman–Crippen MR) is 88.7 cm³/mol. The van der Waals surface area contributed by atoms with Crippen LogP contribution in [0.5, 0.6) is 0 Å². The van der Waals surface area contributed by atoms with Crippen LogP contribution in [0.15, 0.2) is 33.9 Å². The van der Waals surface area contributed by atoms with Gasteiger partial charge in [0.05, 0.1) is 0 Å². The van der Waals surface area contributed by atoms with Gasteiger partial charge in [-0.25, -0.2) is 4.79 Å². The lowest BCUT2D eigenvalue weighted by Gasteiger charge is -2.25. The predicted octanol–water partition coefficient (Wildman–Crippen LogP) is 2.50. The average Bonchev–Trinajstić information content (AvgIpc) is 3.01. The first kappa shape index (κ1) is 16.8. The Morgan fingerprint density at radius 1 is 1.25 bits per heavy atom. The van der Waals surface area contributed by atoms with Crippen LogP contribution in [0.25, 0.3) is 0 Å². The Balaban J connectivity index is 1.47. The van der Waals surface area contributed by atoms with Crippen molar-refractivity contribution in [2.24, 2.45) is 0 Å². The zero-order valence-corrected chi connectivity index (χ0v) is 14.3. The number of benzene rings is 1. The minimum atomic E-state index is -0.372. The standard InChI is InChI=1S/C15H15ClN4O3S/c16-11-3-1-10(2-4-11)9-24-15-19-18-13(23-15)6-8-20-7-5-12(21)17-14(20)22/h1-4H,5-9H2,(H,17,21,22). The van der Waals surface area contributed by atoms with Crippen molar-refractivity contribution in [3.63, 3.8) is 0 Å². The molecule has 24 heavy (non-hydrogen) atoms. The molecule has 0 aliphatic carbocycles. The number of nitrogens with one attached hydrogen (secondary N) is 1. The molecule has 1 saturated heterocycles. The second kappa shape index (κ2) is 7.67. The maximum absolute atomic E-state index is 11.6. The van der Waals surface area contributed by atoms with Gasteiger partial charge in [0.1, 0.15) is 0 Å². The smallest absolute Gasteiger partial charge is 0.324 e. The molecule has 1 aromatic heterocycles. The Bertz CT molecular complexity index is 735. The van der Waals surface area contributed by atoms with Crippen LogP contribution in [0.2, 0.25) is 5.02 Å². The molecule has 1 N–H and O–H groups in total. The molecule has 0 spiro atoms. The van der Waals surface area contributed by atoms with Gasteiger partial charge in [-0.2, -0.15) is 0 Å². The van der Waals surface area contributed by atoms with E-state index in [1.165, 1.54) is 11.8 Å². The lowest BCUT2D eigenvalue weighted by molar-refractivity contribution is -0.121. The molecule has 7 nitrogen and oxygen atoms in total. The van der Waals surface area contributed by atoms with E-state index in [2.05, 4.69) is 15.5 Å². The SMILES string of the molecule is O=C1CCN(CCc2nnc(SCc3ccc(Cl)cc3)o2)C(=O)N1. The number of nitrogens with zero attached hydrogens (tertiary/aromatic N) is 3. The minimum Gasteiger partial charge on any atom is -0.416 e. The summed E-state index contributed by atoms with van der Waals surface area (Å²) in [6.07, 6.45) is 0.772. The van der Waals surface area contributed by atoms with Gasteiger partial charge in [0, 0.05) is 36.7 Å². The Morgan fingerprint density at radius 2 is 2.04 bits per heavy atom. The van der Waals surface area contributed by atoms with Gasteiger partial charge < -0.3 is 9.32 Å². The number of halogens is 1. The quantitative estimate of drug-likeness (QED) is 0.790. The molecule has 0 atom stereocenters. The molecule has 0 unspecified atom stereocenters. The molecule has 2 aromatic rings. The highest BCUT2D eigenvalue weighted by atomic mass is 35.5. The van der Waals surface area contributed by atoms with Crippen LogP contribution in [-0.4, -0.2) is 40.1 Å². The number of urea groups is 1. The molecule has 9 heteroatoms. The molecular weight excluding hydrogens is 352 g/mol. The van der Waals surface area contributed by atoms with Crippen molar-refractivity contribution >= 4 is 35.3 Å². The molecule has 3 rings (SSSR count). The summed E-state index contributed by atoms with van der Waals surface area (Å²) >= 11 is 7.29. The summed E-state index contributed by atoms with van der Waals surface area (Å²) in [7, 11) is 0. The van der Waals surface area contributed by atoms with Gasteiger partial charge in [-0.15, -0.1) is 10.2 Å². The third-order valence-electron chi connectivity index (χ3n) is 3.46. The number of aromatic nitrogens is 2. The summed E-state index contributed by atoms with van der Waals surface area (Å²) in [6, 6.07) is 7.20. The highest BCUT2D eigenvalue weighted by Crippen LogP contribution is 2.22. The van der Waals surface area contributed by atoms with E-state index in [1.807, 2.05) is 24.3 Å². The first-order chi connectivity index (χ1) is 11.6. The molecule has 3 amide bonds. The fraction of sp³-hybridized carbons (Fsp3) is 0.333. The van der Waals surface area contributed by atoms with Crippen molar-refractivity contribution in [2.45, 2.75) is 23.8 Å². The Morgan fingerprint density at radius 3 is 2.79 bits per heavy atom. The van der Waals surface area contributed by atoms with Crippen LogP contribution < -0.4 is 5.32 Å². The molecule has 0 bridgehead atoms. The lowest BCUT2D eigenvalue weighted by Crippen LogP contribution is -2.49. The van der Waals surface area contributed by atoms with Crippen LogP contribution in [0.4, 0.5) is 4.79 Å². The number of carbonyl (C=O) groups is 2. The molecule has 2 heterocycles. The summed E-state index contributed by atoms with van der Waals surface area (Å²) in [4.78, 5) is 24.3. The van der Waals surface area contributed by atoms with E-state index < -0.39 is 0 Å². The number of hydrogen-bond acceptors (Lipinski definition) is 6. The topological polar surface area (TPSA) is 88.3 Å². The van der Waals surface area contributed by atoms with E-state index in [0.29, 0.717) is 47.8 Å². The monoisotopic (exact) mass is 366 g/mol. The van der Waals surface area contributed by atoms with Crippen LogP contribution in [0, 0.1) is 0 Å². The van der Waals surface area contributed by atoms with E-state index in [4.69, 9.17) is 16.0 Å². The zero-order valence-electron chi connectivity index (χ0n) is 12.7. The van der Waals surface area contributed by atoms with Crippen molar-refractivity contribution in [2.75, 3.05) is 13.1 Å². The van der Waals surface area contributed by atoms with Gasteiger partial charge >= 0.3 is 6.03 Å². The van der Waals surface area contributed by atoms with Crippen LogP contribution >= 0.6 is 23.4 Å². The average molecular weight is 367 g/mol. The van der Waals surface area contributed by atoms with Crippen molar-refractivity contribution in [1.29, 1.82) is 0 Å². The first-order valence-electron chi connectivity index (χ1n) is 7.38. The molecule has 126 valence electrons. The van der Waals surface area contributed by atoms with Crippen LogP contribution in [0.1, 0.15) is 17.9 Å². The summed E-state index contributed by atoms with van der Waals surface area (Å²) < 4.78 is 5.57. The summed E-state index contributed by atoms with van der Waals surface area (Å²) in [5.41, 5.74) is 1.11. The number of rotatable bonds is 6. The maximum atomic E-state index is 11.6. The third kappa shape index (κ3) is 4.48. The van der Waals surface area contributed by atoms with Crippen molar-refractivity contribution in [1.82, 2.24) is 20.4 Å². The van der Waals surface area contributed by atoms with Crippen molar-refractivity contribution in [3.05, 3.63) is 40.7 Å². The van der Waals surface area contributed by atoms with Crippen molar-refractivity contribution in [3.8, 4) is 0 Å². The van der Waals surface area contributed by atoms with E-state index in [0.717, 1.165) is 5.56 Å². The molecule has 0 radical (unpaired) electrons. The highest BCUT2D eigenvalue weighted by Gasteiger charge is 2.23. The van der Waals surface area contributed by atoms with Gasteiger partial charge in [-0.05, 0) is 17.7 Å². The van der Waals surface area contributed by atoms with E-state index in [9.17, 15) is 9.59 Å². The minimum absolute atomic E-state index is 0.241. The summed E-state index contributed by atoms with van der Waals surface area (Å²) in [6.45, 7) is 0.847. The first-order valence-corrected chi connectivity index (χ1v) is 8.75. The largest absolute Gasteiger partial charge is 0.416 e. The Hall–Kier alpha value is -2.06. The second-order valence-electron chi connectivity index (χ2n) is 5.22. The van der Waals surface area contributed by atoms with Gasteiger partial charge in [0.25, 0.3) is 5.22 Å². The van der Waals surface area contributed by atoms with Crippen LogP contribution in [0.3, 0.4) is 0 Å². The number of hydrogen-bond donors (Lipinski definition) is 1. The van der Waals surface area contributed by atoms with E-state index in [-0.39, 0.29) is 11.9 Å². The summed E-state index contributed by atoms with van der Waals surface area (Å²) in [5.74, 6) is 0.934. The van der Waals surface area contributed by atoms with Crippen LogP contribution in [-0.2, 0) is 17.0 Å². The molecule has 1 aromatic carbocycles. The number of amides is 3. The zero-order chi connectivity index (χ0) is 16.9. The van der Waals surface area contributed by atoms with Gasteiger partial charge in [0.15, 0.2) is 0 Å². The normalized spacial score (nSPS) is 14.8. The summed E-state index contributed by atoms with van der Waals surface area (Å²) in [5, 5.41) is 11.4. The highest BCUT2D eigenvalue weighted by molar-refractivity contribution is 7.98. The van der Waals surface area contributed by atoms with Gasteiger partial charge in [-0.1, -0.05) is 35.5 Å². The molecule has 1 aliphatic heterocycles. The molecule has 0 saturated carbocycles. The van der Waals surface area contributed by atoms with Gasteiger partial charge in [-0.3, -0.25) is 10.1 Å². The fourth-order valence-corrected chi connectivity index (χ4v) is 3.03. The fourth-order valence-electron chi connectivity index (χ4n) is 2.17. The molecule has 1 fully saturated rings. The van der Waals surface area contributed by atoms with Crippen molar-refractivity contribution < 1.29 is 14.0 Å².